The Kier molecular flexibility index (Phi) is 7.50. The van der Waals surface area contributed by atoms with E-state index in [1.54, 1.807) is 6.07 Å². The van der Waals surface area contributed by atoms with E-state index in [1.807, 2.05) is 0 Å². The van der Waals surface area contributed by atoms with Crippen LogP contribution in [0.5, 0.6) is 0 Å². The van der Waals surface area contributed by atoms with Gasteiger partial charge in [-0.2, -0.15) is 0 Å². The lowest BCUT2D eigenvalue weighted by Crippen LogP contribution is -2.28. The topological polar surface area (TPSA) is 115 Å². The average molecular weight is 291 g/mol. The van der Waals surface area contributed by atoms with Crippen molar-refractivity contribution in [1.29, 1.82) is 0 Å². The molecule has 1 heterocycles. The van der Waals surface area contributed by atoms with Gasteiger partial charge in [-0.05, 0) is 6.07 Å². The molecule has 1 aromatic heterocycles. The van der Waals surface area contributed by atoms with Crippen molar-refractivity contribution in [3.8, 4) is 11.8 Å². The zero-order chi connectivity index (χ0) is 15.5. The first kappa shape index (κ1) is 16.6. The molecular weight excluding hydrogens is 274 g/mol. The van der Waals surface area contributed by atoms with Crippen LogP contribution >= 0.6 is 0 Å². The summed E-state index contributed by atoms with van der Waals surface area (Å²) in [5.41, 5.74) is 5.88. The second kappa shape index (κ2) is 9.47. The maximum Gasteiger partial charge on any atom is 0.252 e. The molecule has 21 heavy (non-hydrogen) atoms. The third-order valence-corrected chi connectivity index (χ3v) is 2.25. The number of aliphatic hydroxyl groups is 1. The van der Waals surface area contributed by atoms with E-state index in [0.717, 1.165) is 0 Å². The van der Waals surface area contributed by atoms with E-state index >= 15 is 0 Å². The third kappa shape index (κ3) is 7.06. The third-order valence-electron chi connectivity index (χ3n) is 2.25. The van der Waals surface area contributed by atoms with Crippen molar-refractivity contribution >= 4 is 11.8 Å². The van der Waals surface area contributed by atoms with E-state index in [9.17, 15) is 9.59 Å². The van der Waals surface area contributed by atoms with Crippen LogP contribution in [0.1, 0.15) is 22.3 Å². The lowest BCUT2D eigenvalue weighted by Gasteiger charge is -2.05. The molecule has 0 fully saturated rings. The highest BCUT2D eigenvalue weighted by atomic mass is 16.5. The minimum absolute atomic E-state index is 0.00803. The molecule has 0 aliphatic rings. The monoisotopic (exact) mass is 291 g/mol. The van der Waals surface area contributed by atoms with Crippen LogP contribution in [0.25, 0.3) is 0 Å². The molecule has 0 spiro atoms. The first-order chi connectivity index (χ1) is 10.1. The molecule has 4 N–H and O–H groups in total. The average Bonchev–Trinajstić information content (AvgIpc) is 2.47. The molecule has 0 aliphatic heterocycles. The van der Waals surface area contributed by atoms with Crippen molar-refractivity contribution in [3.05, 3.63) is 29.6 Å². The van der Waals surface area contributed by atoms with Gasteiger partial charge in [-0.1, -0.05) is 11.8 Å². The van der Waals surface area contributed by atoms with Crippen molar-refractivity contribution < 1.29 is 19.4 Å². The number of carbonyl (C=O) groups excluding carboxylic acids is 2. The van der Waals surface area contributed by atoms with Crippen molar-refractivity contribution in [2.24, 2.45) is 5.73 Å². The van der Waals surface area contributed by atoms with E-state index in [-0.39, 0.29) is 32.3 Å². The Hall–Kier alpha value is -2.43. The molecule has 0 unspecified atom stereocenters. The molecule has 0 aliphatic carbocycles. The first-order valence-electron chi connectivity index (χ1n) is 6.32. The van der Waals surface area contributed by atoms with E-state index < -0.39 is 5.91 Å². The zero-order valence-corrected chi connectivity index (χ0v) is 11.5. The Morgan fingerprint density at radius 3 is 2.95 bits per heavy atom. The fourth-order valence-electron chi connectivity index (χ4n) is 1.36. The molecule has 0 atom stereocenters. The molecular formula is C14H17N3O4. The van der Waals surface area contributed by atoms with Crippen molar-refractivity contribution in [1.82, 2.24) is 10.3 Å². The molecule has 1 aromatic rings. The minimum Gasteiger partial charge on any atom is -0.395 e. The number of rotatable bonds is 7. The quantitative estimate of drug-likeness (QED) is 0.442. The maximum atomic E-state index is 11.8. The zero-order valence-electron chi connectivity index (χ0n) is 11.5. The largest absolute Gasteiger partial charge is 0.395 e. The highest BCUT2D eigenvalue weighted by molar-refractivity contribution is 5.94. The number of primary amides is 1. The van der Waals surface area contributed by atoms with Gasteiger partial charge in [-0.15, -0.1) is 0 Å². The summed E-state index contributed by atoms with van der Waals surface area (Å²) in [4.78, 5) is 26.2. The number of ether oxygens (including phenoxy) is 1. The molecule has 0 aromatic carbocycles. The Morgan fingerprint density at radius 2 is 2.24 bits per heavy atom. The summed E-state index contributed by atoms with van der Waals surface area (Å²) in [5.74, 6) is 4.69. The normalized spacial score (nSPS) is 9.57. The predicted octanol–water partition coefficient (Wildman–Crippen LogP) is -0.953. The molecule has 7 heteroatoms. The summed E-state index contributed by atoms with van der Waals surface area (Å²) in [7, 11) is 0. The summed E-state index contributed by atoms with van der Waals surface area (Å²) in [6.45, 7) is 0.268. The lowest BCUT2D eigenvalue weighted by atomic mass is 10.2. The highest BCUT2D eigenvalue weighted by Crippen LogP contribution is 2.01. The van der Waals surface area contributed by atoms with Gasteiger partial charge in [0, 0.05) is 30.9 Å². The van der Waals surface area contributed by atoms with Crippen molar-refractivity contribution in [3.63, 3.8) is 0 Å². The molecule has 0 bridgehead atoms. The summed E-state index contributed by atoms with van der Waals surface area (Å²) < 4.78 is 4.92. The van der Waals surface area contributed by atoms with E-state index in [0.29, 0.717) is 17.5 Å². The first-order valence-corrected chi connectivity index (χ1v) is 6.32. The number of aromatic nitrogens is 1. The Morgan fingerprint density at radius 1 is 1.43 bits per heavy atom. The summed E-state index contributed by atoms with van der Waals surface area (Å²) >= 11 is 0. The van der Waals surface area contributed by atoms with Crippen LogP contribution in [-0.2, 0) is 9.53 Å². The van der Waals surface area contributed by atoms with Crippen LogP contribution in [0, 0.1) is 11.8 Å². The Labute approximate surface area is 122 Å². The standard InChI is InChI=1S/C14H17N3O4/c15-13(19)10-21-6-4-17-14(20)12-7-11(8-16-9-12)3-1-2-5-18/h7-9,18H,2,4-6,10H2,(H2,15,19)(H,17,20). The van der Waals surface area contributed by atoms with Gasteiger partial charge in [-0.3, -0.25) is 14.6 Å². The second-order valence-electron chi connectivity index (χ2n) is 4.01. The van der Waals surface area contributed by atoms with Gasteiger partial charge in [0.25, 0.3) is 5.91 Å². The maximum absolute atomic E-state index is 11.8. The van der Waals surface area contributed by atoms with E-state index in [2.05, 4.69) is 22.1 Å². The molecule has 112 valence electrons. The van der Waals surface area contributed by atoms with Crippen LogP contribution in [0.15, 0.2) is 18.5 Å². The smallest absolute Gasteiger partial charge is 0.252 e. The molecule has 0 saturated heterocycles. The summed E-state index contributed by atoms with van der Waals surface area (Å²) in [6.07, 6.45) is 3.33. The molecule has 2 amide bonds. The van der Waals surface area contributed by atoms with Crippen LogP contribution in [-0.4, -0.2) is 48.3 Å². The van der Waals surface area contributed by atoms with Crippen molar-refractivity contribution in [2.45, 2.75) is 6.42 Å². The van der Waals surface area contributed by atoms with E-state index in [4.69, 9.17) is 15.6 Å². The van der Waals surface area contributed by atoms with Gasteiger partial charge < -0.3 is 20.9 Å². The van der Waals surface area contributed by atoms with Gasteiger partial charge in [-0.25, -0.2) is 0 Å². The van der Waals surface area contributed by atoms with Crippen molar-refractivity contribution in [2.75, 3.05) is 26.4 Å². The van der Waals surface area contributed by atoms with Gasteiger partial charge in [0.2, 0.25) is 5.91 Å². The second-order valence-corrected chi connectivity index (χ2v) is 4.01. The van der Waals surface area contributed by atoms with Crippen LogP contribution < -0.4 is 11.1 Å². The minimum atomic E-state index is -0.556. The number of carbonyl (C=O) groups is 2. The SMILES string of the molecule is NC(=O)COCCNC(=O)c1cncc(C#CCCO)c1. The number of nitrogens with zero attached hydrogens (tertiary/aromatic N) is 1. The number of nitrogens with two attached hydrogens (primary N) is 1. The molecule has 0 radical (unpaired) electrons. The number of hydrogen-bond donors (Lipinski definition) is 3. The number of pyridine rings is 1. The predicted molar refractivity (Wildman–Crippen MR) is 75.2 cm³/mol. The number of hydrogen-bond acceptors (Lipinski definition) is 5. The molecule has 0 saturated carbocycles. The van der Waals surface area contributed by atoms with Crippen LogP contribution in [0.3, 0.4) is 0 Å². The fraction of sp³-hybridized carbons (Fsp3) is 0.357. The van der Waals surface area contributed by atoms with Gasteiger partial charge >= 0.3 is 0 Å². The molecule has 7 nitrogen and oxygen atoms in total. The van der Waals surface area contributed by atoms with Gasteiger partial charge in [0.1, 0.15) is 6.61 Å². The fourth-order valence-corrected chi connectivity index (χ4v) is 1.36. The lowest BCUT2D eigenvalue weighted by molar-refractivity contribution is -0.122. The Balaban J connectivity index is 2.45. The number of amides is 2. The summed E-state index contributed by atoms with van der Waals surface area (Å²) in [5, 5.41) is 11.3. The Bertz CT molecular complexity index is 549. The van der Waals surface area contributed by atoms with Crippen LogP contribution in [0.2, 0.25) is 0 Å². The molecule has 1 rings (SSSR count). The van der Waals surface area contributed by atoms with Gasteiger partial charge in [0.05, 0.1) is 18.8 Å². The number of nitrogens with one attached hydrogen (secondary N) is 1. The number of aliphatic hydroxyl groups excluding tert-OH is 1. The summed E-state index contributed by atoms with van der Waals surface area (Å²) in [6, 6.07) is 1.61. The van der Waals surface area contributed by atoms with E-state index in [1.165, 1.54) is 12.4 Å². The highest BCUT2D eigenvalue weighted by Gasteiger charge is 2.05. The van der Waals surface area contributed by atoms with Gasteiger partial charge in [0.15, 0.2) is 0 Å². The van der Waals surface area contributed by atoms with Crippen LogP contribution in [0.4, 0.5) is 0 Å².